The van der Waals surface area contributed by atoms with Gasteiger partial charge in [-0.25, -0.2) is 9.59 Å². The zero-order valence-corrected chi connectivity index (χ0v) is 10.6. The first-order chi connectivity index (χ1) is 9.51. The van der Waals surface area contributed by atoms with Crippen molar-refractivity contribution in [2.75, 3.05) is 7.11 Å². The van der Waals surface area contributed by atoms with Gasteiger partial charge in [0.25, 0.3) is 0 Å². The van der Waals surface area contributed by atoms with E-state index in [2.05, 4.69) is 5.10 Å². The number of carboxylic acids is 2. The molecular formula is C13H12N2O5. The van der Waals surface area contributed by atoms with Crippen LogP contribution in [-0.2, 0) is 6.54 Å². The highest BCUT2D eigenvalue weighted by atomic mass is 16.5. The van der Waals surface area contributed by atoms with Crippen molar-refractivity contribution < 1.29 is 24.5 Å². The highest BCUT2D eigenvalue weighted by Crippen LogP contribution is 2.14. The van der Waals surface area contributed by atoms with Gasteiger partial charge < -0.3 is 14.9 Å². The lowest BCUT2D eigenvalue weighted by Gasteiger charge is -2.05. The normalized spacial score (nSPS) is 10.2. The van der Waals surface area contributed by atoms with Crippen LogP contribution in [0.3, 0.4) is 0 Å². The Morgan fingerprint density at radius 1 is 1.20 bits per heavy atom. The molecule has 20 heavy (non-hydrogen) atoms. The Balaban J connectivity index is 2.31. The summed E-state index contributed by atoms with van der Waals surface area (Å²) in [6, 6.07) is 8.02. The lowest BCUT2D eigenvalue weighted by molar-refractivity contribution is 0.0676. The molecule has 0 saturated heterocycles. The monoisotopic (exact) mass is 276 g/mol. The van der Waals surface area contributed by atoms with Crippen molar-refractivity contribution >= 4 is 11.9 Å². The number of carbonyl (C=O) groups is 2. The van der Waals surface area contributed by atoms with Gasteiger partial charge in [-0.3, -0.25) is 4.68 Å². The second-order valence-corrected chi connectivity index (χ2v) is 4.03. The number of aromatic nitrogens is 2. The Labute approximate surface area is 114 Å². The first-order valence-electron chi connectivity index (χ1n) is 5.68. The first-order valence-corrected chi connectivity index (χ1v) is 5.68. The van der Waals surface area contributed by atoms with Crippen LogP contribution in [-0.4, -0.2) is 39.0 Å². The van der Waals surface area contributed by atoms with Crippen LogP contribution in [0.2, 0.25) is 0 Å². The first kappa shape index (κ1) is 13.6. The molecule has 1 aromatic heterocycles. The fourth-order valence-electron chi connectivity index (χ4n) is 1.72. The van der Waals surface area contributed by atoms with E-state index >= 15 is 0 Å². The van der Waals surface area contributed by atoms with Gasteiger partial charge in [0.05, 0.1) is 13.7 Å². The van der Waals surface area contributed by atoms with Crippen molar-refractivity contribution in [2.24, 2.45) is 0 Å². The number of methoxy groups -OCH3 is 1. The molecular weight excluding hydrogens is 264 g/mol. The molecule has 7 heteroatoms. The molecule has 0 atom stereocenters. The summed E-state index contributed by atoms with van der Waals surface area (Å²) in [4.78, 5) is 21.9. The van der Waals surface area contributed by atoms with Crippen molar-refractivity contribution in [1.29, 1.82) is 0 Å². The van der Waals surface area contributed by atoms with Crippen LogP contribution >= 0.6 is 0 Å². The van der Waals surface area contributed by atoms with E-state index in [9.17, 15) is 9.59 Å². The molecule has 0 fully saturated rings. The van der Waals surface area contributed by atoms with Crippen molar-refractivity contribution in [3.8, 4) is 5.75 Å². The summed E-state index contributed by atoms with van der Waals surface area (Å²) in [5.74, 6) is -1.81. The van der Waals surface area contributed by atoms with Crippen molar-refractivity contribution in [3.05, 3.63) is 47.3 Å². The molecule has 0 radical (unpaired) electrons. The number of aromatic carboxylic acids is 2. The van der Waals surface area contributed by atoms with Gasteiger partial charge in [0.15, 0.2) is 5.69 Å². The van der Waals surface area contributed by atoms with Gasteiger partial charge in [-0.15, -0.1) is 0 Å². The summed E-state index contributed by atoms with van der Waals surface area (Å²) in [7, 11) is 1.55. The molecule has 0 bridgehead atoms. The quantitative estimate of drug-likeness (QED) is 0.854. The zero-order valence-electron chi connectivity index (χ0n) is 10.6. The molecule has 0 saturated carbocycles. The third kappa shape index (κ3) is 2.77. The highest BCUT2D eigenvalue weighted by molar-refractivity contribution is 5.91. The zero-order chi connectivity index (χ0) is 14.7. The summed E-state index contributed by atoms with van der Waals surface area (Å²) < 4.78 is 6.17. The van der Waals surface area contributed by atoms with Gasteiger partial charge in [-0.2, -0.15) is 5.10 Å². The summed E-state index contributed by atoms with van der Waals surface area (Å²) in [6.07, 6.45) is 0. The number of rotatable bonds is 5. The molecule has 0 amide bonds. The maximum atomic E-state index is 11.1. The van der Waals surface area contributed by atoms with E-state index < -0.39 is 11.9 Å². The second-order valence-electron chi connectivity index (χ2n) is 4.03. The van der Waals surface area contributed by atoms with E-state index in [0.29, 0.717) is 5.75 Å². The van der Waals surface area contributed by atoms with E-state index in [1.54, 1.807) is 31.4 Å². The smallest absolute Gasteiger partial charge is 0.356 e. The van der Waals surface area contributed by atoms with E-state index in [1.165, 1.54) is 0 Å². The van der Waals surface area contributed by atoms with Crippen molar-refractivity contribution in [2.45, 2.75) is 6.54 Å². The maximum absolute atomic E-state index is 11.1. The summed E-state index contributed by atoms with van der Waals surface area (Å²) in [5.41, 5.74) is 0.322. The molecule has 104 valence electrons. The summed E-state index contributed by atoms with van der Waals surface area (Å²) in [6.45, 7) is 0.166. The molecule has 7 nitrogen and oxygen atoms in total. The standard InChI is InChI=1S/C13H12N2O5/c1-20-9-4-2-8(3-5-9)7-15-11(13(18)19)6-10(14-15)12(16)17/h2-6H,7H2,1H3,(H,16,17)(H,18,19). The fourth-order valence-corrected chi connectivity index (χ4v) is 1.72. The average molecular weight is 276 g/mol. The molecule has 0 aliphatic heterocycles. The SMILES string of the molecule is COc1ccc(Cn2nc(C(=O)O)cc2C(=O)O)cc1. The topological polar surface area (TPSA) is 102 Å². The Kier molecular flexibility index (Phi) is 3.69. The molecule has 2 aromatic rings. The van der Waals surface area contributed by atoms with Gasteiger partial charge in [0.2, 0.25) is 0 Å². The van der Waals surface area contributed by atoms with E-state index in [1.807, 2.05) is 0 Å². The molecule has 0 aliphatic carbocycles. The summed E-state index contributed by atoms with van der Waals surface area (Å²) >= 11 is 0. The van der Waals surface area contributed by atoms with Crippen molar-refractivity contribution in [3.63, 3.8) is 0 Å². The van der Waals surface area contributed by atoms with Gasteiger partial charge in [0.1, 0.15) is 11.4 Å². The Morgan fingerprint density at radius 2 is 1.85 bits per heavy atom. The van der Waals surface area contributed by atoms with E-state index in [-0.39, 0.29) is 17.9 Å². The Bertz CT molecular complexity index is 645. The van der Waals surface area contributed by atoms with E-state index in [0.717, 1.165) is 16.3 Å². The minimum absolute atomic E-state index is 0.166. The average Bonchev–Trinajstić information content (AvgIpc) is 2.84. The third-order valence-electron chi connectivity index (χ3n) is 2.71. The second kappa shape index (κ2) is 5.43. The number of nitrogens with zero attached hydrogens (tertiary/aromatic N) is 2. The lowest BCUT2D eigenvalue weighted by Crippen LogP contribution is -2.11. The van der Waals surface area contributed by atoms with Gasteiger partial charge in [0, 0.05) is 6.07 Å². The number of ether oxygens (including phenoxy) is 1. The van der Waals surface area contributed by atoms with E-state index in [4.69, 9.17) is 14.9 Å². The molecule has 2 N–H and O–H groups in total. The molecule has 0 spiro atoms. The van der Waals surface area contributed by atoms with Crippen LogP contribution in [0.25, 0.3) is 0 Å². The van der Waals surface area contributed by atoms with Crippen LogP contribution in [0.5, 0.6) is 5.75 Å². The molecule has 1 aromatic carbocycles. The van der Waals surface area contributed by atoms with Crippen LogP contribution in [0.4, 0.5) is 0 Å². The minimum Gasteiger partial charge on any atom is -0.497 e. The number of carboxylic acid groups (broad SMARTS) is 2. The predicted molar refractivity (Wildman–Crippen MR) is 68.2 cm³/mol. The molecule has 2 rings (SSSR count). The predicted octanol–water partition coefficient (Wildman–Crippen LogP) is 1.34. The lowest BCUT2D eigenvalue weighted by atomic mass is 10.2. The molecule has 0 aliphatic rings. The van der Waals surface area contributed by atoms with Crippen molar-refractivity contribution in [1.82, 2.24) is 9.78 Å². The van der Waals surface area contributed by atoms with Gasteiger partial charge in [-0.05, 0) is 17.7 Å². The number of benzene rings is 1. The minimum atomic E-state index is -1.26. The molecule has 0 unspecified atom stereocenters. The van der Waals surface area contributed by atoms with Crippen LogP contribution in [0, 0.1) is 0 Å². The number of hydrogen-bond donors (Lipinski definition) is 2. The van der Waals surface area contributed by atoms with Crippen LogP contribution < -0.4 is 4.74 Å². The van der Waals surface area contributed by atoms with Crippen LogP contribution in [0.15, 0.2) is 30.3 Å². The third-order valence-corrected chi connectivity index (χ3v) is 2.71. The maximum Gasteiger partial charge on any atom is 0.356 e. The van der Waals surface area contributed by atoms with Gasteiger partial charge >= 0.3 is 11.9 Å². The highest BCUT2D eigenvalue weighted by Gasteiger charge is 2.18. The summed E-state index contributed by atoms with van der Waals surface area (Å²) in [5, 5.41) is 21.7. The number of hydrogen-bond acceptors (Lipinski definition) is 4. The van der Waals surface area contributed by atoms with Crippen LogP contribution in [0.1, 0.15) is 26.5 Å². The Hall–Kier alpha value is -2.83. The fraction of sp³-hybridized carbons (Fsp3) is 0.154. The molecule has 1 heterocycles. The largest absolute Gasteiger partial charge is 0.497 e. The Morgan fingerprint density at radius 3 is 2.35 bits per heavy atom. The van der Waals surface area contributed by atoms with Gasteiger partial charge in [-0.1, -0.05) is 12.1 Å².